The van der Waals surface area contributed by atoms with Crippen molar-refractivity contribution in [1.82, 2.24) is 10.1 Å². The summed E-state index contributed by atoms with van der Waals surface area (Å²) in [4.78, 5) is 4.38. The second-order valence-corrected chi connectivity index (χ2v) is 5.66. The monoisotopic (exact) mass is 257 g/mol. The van der Waals surface area contributed by atoms with Crippen LogP contribution in [-0.4, -0.2) is 21.9 Å². The van der Waals surface area contributed by atoms with Crippen molar-refractivity contribution in [3.63, 3.8) is 0 Å². The van der Waals surface area contributed by atoms with Gasteiger partial charge in [-0.2, -0.15) is 16.7 Å². The smallest absolute Gasteiger partial charge is 0.226 e. The van der Waals surface area contributed by atoms with Crippen LogP contribution in [0, 0.1) is 0 Å². The van der Waals surface area contributed by atoms with Crippen LogP contribution in [0.4, 0.5) is 0 Å². The van der Waals surface area contributed by atoms with Gasteiger partial charge in [-0.15, -0.1) is 0 Å². The fourth-order valence-electron chi connectivity index (χ4n) is 1.38. The molecule has 17 heavy (non-hydrogen) atoms. The Morgan fingerprint density at radius 1 is 1.35 bits per heavy atom. The van der Waals surface area contributed by atoms with E-state index in [9.17, 15) is 0 Å². The summed E-state index contributed by atoms with van der Waals surface area (Å²) in [5.74, 6) is 2.44. The van der Waals surface area contributed by atoms with E-state index in [1.165, 1.54) is 6.42 Å². The minimum absolute atomic E-state index is 0.654. The Morgan fingerprint density at radius 2 is 2.18 bits per heavy atom. The van der Waals surface area contributed by atoms with Crippen LogP contribution in [-0.2, 0) is 12.2 Å². The van der Waals surface area contributed by atoms with Crippen molar-refractivity contribution in [2.45, 2.75) is 57.0 Å². The van der Waals surface area contributed by atoms with Crippen molar-refractivity contribution >= 4 is 11.8 Å². The standard InChI is InChI=1S/C12H23N3OS/c1-3-10(2)17-9-11-14-12(16-15-11)7-5-4-6-8-13/h10H,3-9,13H2,1-2H3. The number of thioether (sulfide) groups is 1. The van der Waals surface area contributed by atoms with Gasteiger partial charge < -0.3 is 10.3 Å². The highest BCUT2D eigenvalue weighted by molar-refractivity contribution is 7.99. The summed E-state index contributed by atoms with van der Waals surface area (Å²) in [5.41, 5.74) is 5.44. The first kappa shape index (κ1) is 14.5. The van der Waals surface area contributed by atoms with E-state index < -0.39 is 0 Å². The Labute approximate surface area is 108 Å². The molecule has 0 saturated heterocycles. The van der Waals surface area contributed by atoms with Crippen LogP contribution in [0.1, 0.15) is 51.2 Å². The molecule has 0 saturated carbocycles. The molecular formula is C12H23N3OS. The van der Waals surface area contributed by atoms with Gasteiger partial charge in [0.2, 0.25) is 5.89 Å². The quantitative estimate of drug-likeness (QED) is 0.689. The zero-order chi connectivity index (χ0) is 12.5. The summed E-state index contributed by atoms with van der Waals surface area (Å²) in [7, 11) is 0. The van der Waals surface area contributed by atoms with Gasteiger partial charge in [0.25, 0.3) is 0 Å². The molecule has 0 aliphatic heterocycles. The van der Waals surface area contributed by atoms with Crippen LogP contribution in [0.3, 0.4) is 0 Å². The number of nitrogens with two attached hydrogens (primary N) is 1. The highest BCUT2D eigenvalue weighted by Crippen LogP contribution is 2.18. The topological polar surface area (TPSA) is 64.9 Å². The van der Waals surface area contributed by atoms with Gasteiger partial charge in [-0.3, -0.25) is 0 Å². The second-order valence-electron chi connectivity index (χ2n) is 4.23. The van der Waals surface area contributed by atoms with Crippen LogP contribution in [0.25, 0.3) is 0 Å². The highest BCUT2D eigenvalue weighted by atomic mass is 32.2. The number of rotatable bonds is 9. The van der Waals surface area contributed by atoms with E-state index >= 15 is 0 Å². The molecule has 0 aromatic carbocycles. The fraction of sp³-hybridized carbons (Fsp3) is 0.833. The molecule has 1 heterocycles. The lowest BCUT2D eigenvalue weighted by Gasteiger charge is -2.04. The van der Waals surface area contributed by atoms with Crippen molar-refractivity contribution < 1.29 is 4.52 Å². The van der Waals surface area contributed by atoms with E-state index in [-0.39, 0.29) is 0 Å². The summed E-state index contributed by atoms with van der Waals surface area (Å²) in [6.07, 6.45) is 5.34. The minimum Gasteiger partial charge on any atom is -0.339 e. The van der Waals surface area contributed by atoms with E-state index in [2.05, 4.69) is 24.0 Å². The molecule has 1 aromatic rings. The summed E-state index contributed by atoms with van der Waals surface area (Å²) in [6, 6.07) is 0. The van der Waals surface area contributed by atoms with Crippen molar-refractivity contribution in [2.75, 3.05) is 6.54 Å². The van der Waals surface area contributed by atoms with Crippen LogP contribution in [0.15, 0.2) is 4.52 Å². The Morgan fingerprint density at radius 3 is 2.88 bits per heavy atom. The second kappa shape index (κ2) is 8.53. The third-order valence-electron chi connectivity index (χ3n) is 2.68. The van der Waals surface area contributed by atoms with E-state index in [0.717, 1.165) is 49.7 Å². The molecule has 1 atom stereocenters. The molecule has 1 rings (SSSR count). The van der Waals surface area contributed by atoms with Crippen LogP contribution in [0.2, 0.25) is 0 Å². The molecule has 0 fully saturated rings. The molecule has 0 radical (unpaired) electrons. The Hall–Kier alpha value is -0.550. The van der Waals surface area contributed by atoms with Gasteiger partial charge in [0, 0.05) is 11.7 Å². The maximum atomic E-state index is 5.44. The number of hydrogen-bond donors (Lipinski definition) is 1. The molecule has 0 aliphatic rings. The molecule has 0 aliphatic carbocycles. The zero-order valence-corrected chi connectivity index (χ0v) is 11.6. The maximum Gasteiger partial charge on any atom is 0.226 e. The summed E-state index contributed by atoms with van der Waals surface area (Å²) in [5, 5.41) is 4.64. The number of aryl methyl sites for hydroxylation is 1. The molecule has 98 valence electrons. The Kier molecular flexibility index (Phi) is 7.28. The lowest BCUT2D eigenvalue weighted by molar-refractivity contribution is 0.370. The molecule has 0 amide bonds. The zero-order valence-electron chi connectivity index (χ0n) is 10.8. The van der Waals surface area contributed by atoms with Crippen LogP contribution in [0.5, 0.6) is 0 Å². The summed E-state index contributed by atoms with van der Waals surface area (Å²) in [6.45, 7) is 5.18. The SMILES string of the molecule is CCC(C)SCc1noc(CCCCCN)n1. The first-order valence-corrected chi connectivity index (χ1v) is 7.44. The van der Waals surface area contributed by atoms with Gasteiger partial charge in [-0.1, -0.05) is 25.4 Å². The molecule has 5 heteroatoms. The average molecular weight is 257 g/mol. The third kappa shape index (κ3) is 6.07. The van der Waals surface area contributed by atoms with Crippen LogP contribution >= 0.6 is 11.8 Å². The van der Waals surface area contributed by atoms with Gasteiger partial charge in [0.1, 0.15) is 0 Å². The maximum absolute atomic E-state index is 5.44. The normalized spacial score (nSPS) is 12.9. The average Bonchev–Trinajstić information content (AvgIpc) is 2.79. The third-order valence-corrected chi connectivity index (χ3v) is 4.00. The first-order valence-electron chi connectivity index (χ1n) is 6.39. The number of unbranched alkanes of at least 4 members (excludes halogenated alkanes) is 2. The Bertz CT molecular complexity index is 304. The summed E-state index contributed by atoms with van der Waals surface area (Å²) < 4.78 is 5.21. The van der Waals surface area contributed by atoms with Gasteiger partial charge in [-0.05, 0) is 25.8 Å². The molecule has 1 aromatic heterocycles. The van der Waals surface area contributed by atoms with Crippen molar-refractivity contribution in [3.05, 3.63) is 11.7 Å². The molecule has 4 nitrogen and oxygen atoms in total. The van der Waals surface area contributed by atoms with Crippen molar-refractivity contribution in [3.8, 4) is 0 Å². The van der Waals surface area contributed by atoms with Gasteiger partial charge in [0.15, 0.2) is 5.82 Å². The lowest BCUT2D eigenvalue weighted by Crippen LogP contribution is -1.98. The Balaban J connectivity index is 2.22. The van der Waals surface area contributed by atoms with E-state index in [1.807, 2.05) is 11.8 Å². The fourth-order valence-corrected chi connectivity index (χ4v) is 2.17. The van der Waals surface area contributed by atoms with Gasteiger partial charge >= 0.3 is 0 Å². The number of nitrogens with zero attached hydrogens (tertiary/aromatic N) is 2. The predicted octanol–water partition coefficient (Wildman–Crippen LogP) is 2.77. The largest absolute Gasteiger partial charge is 0.339 e. The minimum atomic E-state index is 0.654. The van der Waals surface area contributed by atoms with Crippen molar-refractivity contribution in [2.24, 2.45) is 5.73 Å². The molecule has 1 unspecified atom stereocenters. The molecule has 0 spiro atoms. The number of aromatic nitrogens is 2. The number of hydrogen-bond acceptors (Lipinski definition) is 5. The van der Waals surface area contributed by atoms with Crippen LogP contribution < -0.4 is 5.73 Å². The first-order chi connectivity index (χ1) is 8.26. The lowest BCUT2D eigenvalue weighted by atomic mass is 10.2. The van der Waals surface area contributed by atoms with Gasteiger partial charge in [0.05, 0.1) is 5.75 Å². The summed E-state index contributed by atoms with van der Waals surface area (Å²) >= 11 is 1.87. The van der Waals surface area contributed by atoms with E-state index in [4.69, 9.17) is 10.3 Å². The molecular weight excluding hydrogens is 234 g/mol. The van der Waals surface area contributed by atoms with E-state index in [0.29, 0.717) is 5.25 Å². The van der Waals surface area contributed by atoms with Gasteiger partial charge in [-0.25, -0.2) is 0 Å². The van der Waals surface area contributed by atoms with Crippen molar-refractivity contribution in [1.29, 1.82) is 0 Å². The molecule has 0 bridgehead atoms. The predicted molar refractivity (Wildman–Crippen MR) is 72.0 cm³/mol. The molecule has 2 N–H and O–H groups in total. The van der Waals surface area contributed by atoms with E-state index in [1.54, 1.807) is 0 Å². The highest BCUT2D eigenvalue weighted by Gasteiger charge is 2.07.